The maximum Gasteiger partial charge on any atom is 0.222 e. The fraction of sp³-hybridized carbons (Fsp3) is 0.0851. The summed E-state index contributed by atoms with van der Waals surface area (Å²) >= 11 is 1.83. The smallest absolute Gasteiger partial charge is 0.222 e. The Balaban J connectivity index is 1.35. The summed E-state index contributed by atoms with van der Waals surface area (Å²) < 4.78 is 25.6. The van der Waals surface area contributed by atoms with E-state index in [2.05, 4.69) is 84.9 Å². The lowest BCUT2D eigenvalue weighted by Crippen LogP contribution is -2.36. The van der Waals surface area contributed by atoms with Gasteiger partial charge in [0, 0.05) is 61.4 Å². The number of benzene rings is 7. The van der Waals surface area contributed by atoms with E-state index in [4.69, 9.17) is 18.9 Å². The van der Waals surface area contributed by atoms with E-state index in [1.807, 2.05) is 89.3 Å². The van der Waals surface area contributed by atoms with Crippen LogP contribution < -0.4 is 18.9 Å². The predicted molar refractivity (Wildman–Crippen MR) is 216 cm³/mol. The van der Waals surface area contributed by atoms with Crippen molar-refractivity contribution in [1.82, 2.24) is 0 Å². The molecule has 0 aromatic heterocycles. The first kappa shape index (κ1) is 31.8. The number of rotatable bonds is 5. The van der Waals surface area contributed by atoms with Crippen LogP contribution in [0.2, 0.25) is 0 Å². The molecule has 1 aliphatic carbocycles. The second kappa shape index (κ2) is 11.8. The summed E-state index contributed by atoms with van der Waals surface area (Å²) in [6.45, 7) is 0. The van der Waals surface area contributed by atoms with Crippen molar-refractivity contribution in [1.29, 1.82) is 0 Å². The van der Waals surface area contributed by atoms with Crippen LogP contribution in [-0.4, -0.2) is 18.0 Å². The van der Waals surface area contributed by atoms with Crippen molar-refractivity contribution in [3.8, 4) is 39.9 Å². The summed E-state index contributed by atoms with van der Waals surface area (Å²) in [5.74, 6) is 3.89. The second-order valence-corrected chi connectivity index (χ2v) is 14.5. The summed E-state index contributed by atoms with van der Waals surface area (Å²) in [5.41, 5.74) is 8.54. The number of carbonyl (C=O) groups excluding carboxylic acids is 1. The van der Waals surface area contributed by atoms with E-state index in [1.54, 1.807) is 14.2 Å². The first-order chi connectivity index (χ1) is 26.0. The molecule has 6 heteroatoms. The van der Waals surface area contributed by atoms with Crippen molar-refractivity contribution in [2.75, 3.05) is 14.2 Å². The SMILES string of the molecule is COc1ccc(C2(c3ccc(C(=O)I)cc3)C=Cc3c4c(c5ccc(OC)cc5c3O2)-c2ccccc2C42c3ccccc3Oc3ccccc32)cc1. The van der Waals surface area contributed by atoms with E-state index in [0.717, 1.165) is 72.9 Å². The second-order valence-electron chi connectivity index (χ2n) is 13.5. The third-order valence-electron chi connectivity index (χ3n) is 11.1. The topological polar surface area (TPSA) is 54.0 Å². The standard InChI is InChI=1S/C47H31IO5/c1-50-31-21-19-30(20-22-31)46(29-17-15-28(16-18-29)45(48)49)26-25-35-43-42(33-24-23-32(51-2)27-36(33)44(35)53-46)34-9-3-4-10-37(34)47(43)38-11-5-7-13-40(38)52-41-14-8-6-12-39(41)47/h3-27H,1-2H3. The summed E-state index contributed by atoms with van der Waals surface area (Å²) in [6, 6.07) is 47.6. The van der Waals surface area contributed by atoms with Crippen molar-refractivity contribution in [3.05, 3.63) is 190 Å². The molecule has 7 aromatic carbocycles. The molecule has 256 valence electrons. The van der Waals surface area contributed by atoms with Crippen molar-refractivity contribution >= 4 is 43.2 Å². The summed E-state index contributed by atoms with van der Waals surface area (Å²) in [7, 11) is 3.36. The molecule has 0 bridgehead atoms. The molecule has 1 unspecified atom stereocenters. The Morgan fingerprint density at radius 3 is 1.87 bits per heavy atom. The summed E-state index contributed by atoms with van der Waals surface area (Å²) in [4.78, 5) is 12.4. The number of ether oxygens (including phenoxy) is 4. The van der Waals surface area contributed by atoms with Gasteiger partial charge in [0.25, 0.3) is 0 Å². The van der Waals surface area contributed by atoms with Gasteiger partial charge in [-0.15, -0.1) is 0 Å². The average Bonchev–Trinajstić information content (AvgIpc) is 3.52. The largest absolute Gasteiger partial charge is 0.497 e. The number of halogens is 1. The van der Waals surface area contributed by atoms with Crippen LogP contribution >= 0.6 is 22.6 Å². The lowest BCUT2D eigenvalue weighted by Gasteiger charge is -2.42. The zero-order chi connectivity index (χ0) is 35.9. The first-order valence-electron chi connectivity index (χ1n) is 17.5. The van der Waals surface area contributed by atoms with E-state index in [0.29, 0.717) is 5.56 Å². The van der Waals surface area contributed by atoms with Crippen LogP contribution in [0.5, 0.6) is 28.7 Å². The average molecular weight is 803 g/mol. The molecule has 1 atom stereocenters. The minimum Gasteiger partial charge on any atom is -0.497 e. The van der Waals surface area contributed by atoms with Crippen LogP contribution in [0.1, 0.15) is 49.3 Å². The first-order valence-corrected chi connectivity index (χ1v) is 18.5. The molecule has 3 aliphatic rings. The molecule has 0 radical (unpaired) electrons. The van der Waals surface area contributed by atoms with E-state index in [9.17, 15) is 4.79 Å². The normalized spacial score (nSPS) is 16.7. The molecule has 0 N–H and O–H groups in total. The van der Waals surface area contributed by atoms with Gasteiger partial charge in [-0.05, 0) is 76.2 Å². The minimum atomic E-state index is -1.04. The summed E-state index contributed by atoms with van der Waals surface area (Å²) in [6.07, 6.45) is 4.41. The number of carbonyl (C=O) groups is 1. The van der Waals surface area contributed by atoms with E-state index in [1.165, 1.54) is 16.7 Å². The van der Waals surface area contributed by atoms with Gasteiger partial charge in [-0.1, -0.05) is 103 Å². The van der Waals surface area contributed by atoms with E-state index >= 15 is 0 Å². The number of methoxy groups -OCH3 is 2. The maximum atomic E-state index is 12.4. The number of hydrogen-bond acceptors (Lipinski definition) is 5. The number of fused-ring (bicyclic) bond motifs is 14. The van der Waals surface area contributed by atoms with Gasteiger partial charge in [-0.2, -0.15) is 0 Å². The van der Waals surface area contributed by atoms with E-state index < -0.39 is 11.0 Å². The molecule has 0 fully saturated rings. The Hall–Kier alpha value is -5.86. The lowest BCUT2D eigenvalue weighted by molar-refractivity contribution is 0.110. The van der Waals surface area contributed by atoms with Gasteiger partial charge in [0.15, 0.2) is 5.60 Å². The zero-order valence-electron chi connectivity index (χ0n) is 28.9. The van der Waals surface area contributed by atoms with Crippen molar-refractivity contribution in [3.63, 3.8) is 0 Å². The highest BCUT2D eigenvalue weighted by molar-refractivity contribution is 14.1. The molecule has 10 rings (SSSR count). The Morgan fingerprint density at radius 1 is 0.642 bits per heavy atom. The molecule has 2 aliphatic heterocycles. The third-order valence-corrected chi connectivity index (χ3v) is 11.7. The van der Waals surface area contributed by atoms with Crippen LogP contribution in [-0.2, 0) is 11.0 Å². The van der Waals surface area contributed by atoms with Crippen LogP contribution in [0.25, 0.3) is 28.0 Å². The van der Waals surface area contributed by atoms with Gasteiger partial charge in [0.1, 0.15) is 28.7 Å². The van der Waals surface area contributed by atoms with Gasteiger partial charge in [-0.3, -0.25) is 4.79 Å². The molecule has 0 amide bonds. The minimum absolute atomic E-state index is 0.0198. The number of hydrogen-bond donors (Lipinski definition) is 0. The molecule has 1 spiro atoms. The molecule has 5 nitrogen and oxygen atoms in total. The molecule has 7 aromatic rings. The van der Waals surface area contributed by atoms with Crippen molar-refractivity contribution in [2.24, 2.45) is 0 Å². The van der Waals surface area contributed by atoms with Crippen molar-refractivity contribution < 1.29 is 23.7 Å². The Kier molecular flexibility index (Phi) is 7.11. The van der Waals surface area contributed by atoms with Crippen LogP contribution in [0, 0.1) is 0 Å². The van der Waals surface area contributed by atoms with Gasteiger partial charge in [0.05, 0.1) is 19.6 Å². The summed E-state index contributed by atoms with van der Waals surface area (Å²) in [5, 5.41) is 2.01. The molecule has 0 saturated carbocycles. The highest BCUT2D eigenvalue weighted by Gasteiger charge is 2.54. The van der Waals surface area contributed by atoms with Gasteiger partial charge >= 0.3 is 0 Å². The van der Waals surface area contributed by atoms with Crippen molar-refractivity contribution in [2.45, 2.75) is 11.0 Å². The fourth-order valence-electron chi connectivity index (χ4n) is 8.80. The molecule has 0 saturated heterocycles. The fourth-order valence-corrected chi connectivity index (χ4v) is 9.16. The molecular weight excluding hydrogens is 771 g/mol. The maximum absolute atomic E-state index is 12.4. The van der Waals surface area contributed by atoms with Gasteiger partial charge in [0.2, 0.25) is 3.79 Å². The van der Waals surface area contributed by atoms with Gasteiger partial charge in [-0.25, -0.2) is 0 Å². The Labute approximate surface area is 320 Å². The Morgan fingerprint density at radius 2 is 1.23 bits per heavy atom. The van der Waals surface area contributed by atoms with Crippen LogP contribution in [0.3, 0.4) is 0 Å². The third kappa shape index (κ3) is 4.39. The Bertz CT molecular complexity index is 2630. The monoisotopic (exact) mass is 802 g/mol. The zero-order valence-corrected chi connectivity index (χ0v) is 31.0. The highest BCUT2D eigenvalue weighted by atomic mass is 127. The lowest BCUT2D eigenvalue weighted by atomic mass is 9.64. The molecular formula is C47H31IO5. The molecule has 2 heterocycles. The quantitative estimate of drug-likeness (QED) is 0.128. The number of para-hydroxylation sites is 2. The van der Waals surface area contributed by atoms with Crippen LogP contribution in [0.4, 0.5) is 0 Å². The predicted octanol–water partition coefficient (Wildman–Crippen LogP) is 11.3. The van der Waals surface area contributed by atoms with Crippen LogP contribution in [0.15, 0.2) is 146 Å². The highest BCUT2D eigenvalue weighted by Crippen LogP contribution is 2.66. The molecule has 53 heavy (non-hydrogen) atoms. The van der Waals surface area contributed by atoms with Gasteiger partial charge < -0.3 is 18.9 Å². The van der Waals surface area contributed by atoms with E-state index in [-0.39, 0.29) is 3.79 Å².